The molecule has 1 unspecified atom stereocenters. The van der Waals surface area contributed by atoms with E-state index in [0.717, 1.165) is 25.2 Å². The summed E-state index contributed by atoms with van der Waals surface area (Å²) < 4.78 is 5.49. The predicted octanol–water partition coefficient (Wildman–Crippen LogP) is 2.00. The maximum atomic E-state index is 6.00. The number of hydrogen-bond donors (Lipinski definition) is 1. The Morgan fingerprint density at radius 3 is 2.53 bits per heavy atom. The van der Waals surface area contributed by atoms with Crippen molar-refractivity contribution in [1.29, 1.82) is 0 Å². The Kier molecular flexibility index (Phi) is 5.26. The maximum absolute atomic E-state index is 6.00. The van der Waals surface area contributed by atoms with Crippen molar-refractivity contribution in [3.8, 4) is 0 Å². The Labute approximate surface area is 106 Å². The van der Waals surface area contributed by atoms with Gasteiger partial charge in [0.05, 0.1) is 6.61 Å². The highest BCUT2D eigenvalue weighted by atomic mass is 16.5. The first kappa shape index (κ1) is 13.3. The second-order valence-electron chi connectivity index (χ2n) is 5.79. The van der Waals surface area contributed by atoms with Gasteiger partial charge in [-0.25, -0.2) is 0 Å². The molecular formula is C14H28N2O. The van der Waals surface area contributed by atoms with Gasteiger partial charge in [-0.2, -0.15) is 0 Å². The third-order valence-corrected chi connectivity index (χ3v) is 4.29. The van der Waals surface area contributed by atoms with Gasteiger partial charge in [-0.1, -0.05) is 6.92 Å². The minimum atomic E-state index is 0.463. The molecular weight excluding hydrogens is 212 g/mol. The first-order chi connectivity index (χ1) is 8.29. The van der Waals surface area contributed by atoms with Crippen LogP contribution in [0.5, 0.6) is 0 Å². The smallest absolute Gasteiger partial charge is 0.0507 e. The van der Waals surface area contributed by atoms with E-state index in [4.69, 9.17) is 10.5 Å². The summed E-state index contributed by atoms with van der Waals surface area (Å²) in [5.41, 5.74) is 6.00. The molecule has 1 heterocycles. The Morgan fingerprint density at radius 2 is 1.94 bits per heavy atom. The van der Waals surface area contributed by atoms with Crippen LogP contribution >= 0.6 is 0 Å². The molecule has 1 atom stereocenters. The molecule has 0 aromatic rings. The lowest BCUT2D eigenvalue weighted by molar-refractivity contribution is 0.117. The molecule has 0 aromatic carbocycles. The molecule has 1 aliphatic carbocycles. The Hall–Kier alpha value is -0.120. The van der Waals surface area contributed by atoms with Crippen molar-refractivity contribution in [3.05, 3.63) is 0 Å². The van der Waals surface area contributed by atoms with Crippen molar-refractivity contribution in [3.63, 3.8) is 0 Å². The summed E-state index contributed by atoms with van der Waals surface area (Å²) in [6, 6.07) is 1.25. The Bertz CT molecular complexity index is 208. The summed E-state index contributed by atoms with van der Waals surface area (Å²) in [6.07, 6.45) is 7.55. The minimum Gasteiger partial charge on any atom is -0.381 e. The fourth-order valence-electron chi connectivity index (χ4n) is 3.24. The molecule has 0 aromatic heterocycles. The summed E-state index contributed by atoms with van der Waals surface area (Å²) in [7, 11) is 0. The van der Waals surface area contributed by atoms with Crippen LogP contribution < -0.4 is 5.73 Å². The quantitative estimate of drug-likeness (QED) is 0.799. The minimum absolute atomic E-state index is 0.463. The van der Waals surface area contributed by atoms with E-state index in [1.165, 1.54) is 51.6 Å². The van der Waals surface area contributed by atoms with Gasteiger partial charge < -0.3 is 15.4 Å². The van der Waals surface area contributed by atoms with E-state index in [0.29, 0.717) is 6.04 Å². The fraction of sp³-hybridized carbons (Fsp3) is 1.00. The normalized spacial score (nSPS) is 34.4. The van der Waals surface area contributed by atoms with Crippen molar-refractivity contribution in [1.82, 2.24) is 4.90 Å². The monoisotopic (exact) mass is 240 g/mol. The largest absolute Gasteiger partial charge is 0.381 e. The Morgan fingerprint density at radius 1 is 1.18 bits per heavy atom. The predicted molar refractivity (Wildman–Crippen MR) is 71.0 cm³/mol. The van der Waals surface area contributed by atoms with E-state index in [1.807, 2.05) is 0 Å². The molecule has 0 spiro atoms. The van der Waals surface area contributed by atoms with Crippen LogP contribution in [0.15, 0.2) is 0 Å². The highest BCUT2D eigenvalue weighted by Crippen LogP contribution is 2.24. The van der Waals surface area contributed by atoms with Crippen LogP contribution in [0.3, 0.4) is 0 Å². The van der Waals surface area contributed by atoms with Crippen molar-refractivity contribution >= 4 is 0 Å². The van der Waals surface area contributed by atoms with Crippen LogP contribution in [0.2, 0.25) is 0 Å². The molecule has 3 heteroatoms. The van der Waals surface area contributed by atoms with Gasteiger partial charge in [-0.05, 0) is 51.0 Å². The third-order valence-electron chi connectivity index (χ3n) is 4.29. The molecule has 1 aliphatic heterocycles. The second kappa shape index (κ2) is 6.72. The van der Waals surface area contributed by atoms with E-state index < -0.39 is 0 Å². The summed E-state index contributed by atoms with van der Waals surface area (Å²) in [5, 5.41) is 0. The highest BCUT2D eigenvalue weighted by Gasteiger charge is 2.26. The van der Waals surface area contributed by atoms with Crippen LogP contribution in [-0.4, -0.2) is 43.3 Å². The number of nitrogens with zero attached hydrogens (tertiary/aromatic N) is 1. The summed E-state index contributed by atoms with van der Waals surface area (Å²) in [5.74, 6) is 0.775. The lowest BCUT2D eigenvalue weighted by Crippen LogP contribution is -2.43. The first-order valence-electron chi connectivity index (χ1n) is 7.37. The molecule has 2 aliphatic rings. The van der Waals surface area contributed by atoms with Gasteiger partial charge in [0, 0.05) is 25.2 Å². The lowest BCUT2D eigenvalue weighted by atomic mass is 9.90. The Balaban J connectivity index is 1.82. The highest BCUT2D eigenvalue weighted by molar-refractivity contribution is 4.82. The van der Waals surface area contributed by atoms with Crippen molar-refractivity contribution in [2.75, 3.05) is 26.3 Å². The summed E-state index contributed by atoms with van der Waals surface area (Å²) in [6.45, 7) is 6.73. The lowest BCUT2D eigenvalue weighted by Gasteiger charge is -2.37. The molecule has 0 bridgehead atoms. The standard InChI is InChI=1S/C14H28N2O/c1-2-8-16(10-12-7-9-17-11-12)14-5-3-13(15)4-6-14/h12-14H,2-11,15H2,1H3. The third kappa shape index (κ3) is 3.94. The zero-order valence-corrected chi connectivity index (χ0v) is 11.2. The average Bonchev–Trinajstić information content (AvgIpc) is 2.82. The summed E-state index contributed by atoms with van der Waals surface area (Å²) in [4.78, 5) is 2.71. The number of ether oxygens (including phenoxy) is 1. The second-order valence-corrected chi connectivity index (χ2v) is 5.79. The topological polar surface area (TPSA) is 38.5 Å². The van der Waals surface area contributed by atoms with Gasteiger partial charge in [0.1, 0.15) is 0 Å². The van der Waals surface area contributed by atoms with E-state index >= 15 is 0 Å². The number of nitrogens with two attached hydrogens (primary N) is 1. The van der Waals surface area contributed by atoms with Gasteiger partial charge in [0.25, 0.3) is 0 Å². The van der Waals surface area contributed by atoms with E-state index in [9.17, 15) is 0 Å². The zero-order chi connectivity index (χ0) is 12.1. The molecule has 3 nitrogen and oxygen atoms in total. The molecule has 0 amide bonds. The van der Waals surface area contributed by atoms with Crippen LogP contribution in [0, 0.1) is 5.92 Å². The molecule has 100 valence electrons. The van der Waals surface area contributed by atoms with Crippen molar-refractivity contribution in [2.45, 2.75) is 57.5 Å². The molecule has 17 heavy (non-hydrogen) atoms. The first-order valence-corrected chi connectivity index (χ1v) is 7.37. The fourth-order valence-corrected chi connectivity index (χ4v) is 3.24. The number of rotatable bonds is 5. The molecule has 0 radical (unpaired) electrons. The van der Waals surface area contributed by atoms with Crippen LogP contribution in [0.4, 0.5) is 0 Å². The average molecular weight is 240 g/mol. The van der Waals surface area contributed by atoms with Gasteiger partial charge in [-0.3, -0.25) is 0 Å². The SMILES string of the molecule is CCCN(CC1CCOC1)C1CCC(N)CC1. The molecule has 1 saturated carbocycles. The van der Waals surface area contributed by atoms with Crippen molar-refractivity contribution in [2.24, 2.45) is 11.7 Å². The van der Waals surface area contributed by atoms with E-state index in [-0.39, 0.29) is 0 Å². The number of hydrogen-bond acceptors (Lipinski definition) is 3. The molecule has 2 rings (SSSR count). The van der Waals surface area contributed by atoms with Gasteiger partial charge >= 0.3 is 0 Å². The van der Waals surface area contributed by atoms with Crippen LogP contribution in [0.25, 0.3) is 0 Å². The van der Waals surface area contributed by atoms with E-state index in [2.05, 4.69) is 11.8 Å². The van der Waals surface area contributed by atoms with Crippen LogP contribution in [0.1, 0.15) is 45.4 Å². The van der Waals surface area contributed by atoms with Gasteiger partial charge in [0.2, 0.25) is 0 Å². The van der Waals surface area contributed by atoms with Gasteiger partial charge in [-0.15, -0.1) is 0 Å². The zero-order valence-electron chi connectivity index (χ0n) is 11.2. The van der Waals surface area contributed by atoms with E-state index in [1.54, 1.807) is 0 Å². The van der Waals surface area contributed by atoms with Crippen LogP contribution in [-0.2, 0) is 4.74 Å². The molecule has 1 saturated heterocycles. The summed E-state index contributed by atoms with van der Waals surface area (Å²) >= 11 is 0. The van der Waals surface area contributed by atoms with Crippen molar-refractivity contribution < 1.29 is 4.74 Å². The van der Waals surface area contributed by atoms with Gasteiger partial charge in [0.15, 0.2) is 0 Å². The molecule has 2 N–H and O–H groups in total. The molecule has 2 fully saturated rings. The maximum Gasteiger partial charge on any atom is 0.0507 e.